The maximum absolute atomic E-state index is 12.6. The lowest BCUT2D eigenvalue weighted by Crippen LogP contribution is -2.36. The number of carbonyl (C=O) groups is 1. The van der Waals surface area contributed by atoms with E-state index in [1.165, 1.54) is 12.1 Å². The Balaban J connectivity index is 2.35. The Morgan fingerprint density at radius 1 is 1.41 bits per heavy atom. The van der Waals surface area contributed by atoms with E-state index in [4.69, 9.17) is 5.11 Å². The summed E-state index contributed by atoms with van der Waals surface area (Å²) in [6, 6.07) is 5.94. The molecule has 1 aromatic rings. The lowest BCUT2D eigenvalue weighted by atomic mass is 10.1. The molecule has 0 heterocycles. The first-order valence-corrected chi connectivity index (χ1v) is 5.80. The van der Waals surface area contributed by atoms with Crippen LogP contribution in [0.2, 0.25) is 0 Å². The number of rotatable bonds is 6. The van der Waals surface area contributed by atoms with Gasteiger partial charge < -0.3 is 10.4 Å². The third-order valence-electron chi connectivity index (χ3n) is 2.63. The van der Waals surface area contributed by atoms with Crippen LogP contribution in [0.15, 0.2) is 24.3 Å². The van der Waals surface area contributed by atoms with E-state index < -0.39 is 0 Å². The fraction of sp³-hybridized carbons (Fsp3) is 0.462. The van der Waals surface area contributed by atoms with Crippen LogP contribution >= 0.6 is 0 Å². The maximum Gasteiger partial charge on any atom is 0.220 e. The summed E-state index contributed by atoms with van der Waals surface area (Å²) in [7, 11) is 0. The highest BCUT2D eigenvalue weighted by molar-refractivity contribution is 5.76. The average molecular weight is 239 g/mol. The molecule has 4 heteroatoms. The number of aryl methyl sites for hydroxylation is 1. The molecule has 1 rings (SSSR count). The van der Waals surface area contributed by atoms with Crippen molar-refractivity contribution in [3.63, 3.8) is 0 Å². The fourth-order valence-electron chi connectivity index (χ4n) is 1.49. The summed E-state index contributed by atoms with van der Waals surface area (Å²) >= 11 is 0. The molecule has 0 saturated heterocycles. The van der Waals surface area contributed by atoms with Gasteiger partial charge in [0.05, 0.1) is 12.6 Å². The number of aliphatic hydroxyl groups excluding tert-OH is 1. The number of amides is 1. The molecule has 0 fully saturated rings. The molecule has 0 bridgehead atoms. The van der Waals surface area contributed by atoms with E-state index in [0.717, 1.165) is 5.56 Å². The zero-order valence-corrected chi connectivity index (χ0v) is 9.95. The molecule has 17 heavy (non-hydrogen) atoms. The maximum atomic E-state index is 12.6. The van der Waals surface area contributed by atoms with E-state index in [2.05, 4.69) is 5.32 Å². The molecular formula is C13H18FNO2. The number of benzene rings is 1. The predicted octanol–water partition coefficient (Wildman–Crippen LogP) is 1.65. The van der Waals surface area contributed by atoms with Gasteiger partial charge in [0, 0.05) is 6.42 Å². The van der Waals surface area contributed by atoms with Crippen LogP contribution in [-0.4, -0.2) is 23.7 Å². The van der Waals surface area contributed by atoms with Gasteiger partial charge in [0.2, 0.25) is 5.91 Å². The van der Waals surface area contributed by atoms with Gasteiger partial charge in [0.25, 0.3) is 0 Å². The van der Waals surface area contributed by atoms with E-state index in [-0.39, 0.29) is 24.4 Å². The van der Waals surface area contributed by atoms with Gasteiger partial charge in [0.15, 0.2) is 0 Å². The molecule has 0 saturated carbocycles. The molecule has 2 N–H and O–H groups in total. The van der Waals surface area contributed by atoms with Gasteiger partial charge in [-0.25, -0.2) is 4.39 Å². The van der Waals surface area contributed by atoms with Crippen LogP contribution in [0.5, 0.6) is 0 Å². The molecule has 0 radical (unpaired) electrons. The normalized spacial score (nSPS) is 12.2. The van der Waals surface area contributed by atoms with E-state index in [1.54, 1.807) is 12.1 Å². The zero-order valence-electron chi connectivity index (χ0n) is 9.95. The first-order chi connectivity index (χ1) is 8.15. The van der Waals surface area contributed by atoms with E-state index in [0.29, 0.717) is 19.3 Å². The van der Waals surface area contributed by atoms with Crippen molar-refractivity contribution >= 4 is 5.91 Å². The second-order valence-corrected chi connectivity index (χ2v) is 3.98. The van der Waals surface area contributed by atoms with Crippen LogP contribution in [0.4, 0.5) is 4.39 Å². The summed E-state index contributed by atoms with van der Waals surface area (Å²) < 4.78 is 12.6. The number of halogens is 1. The summed E-state index contributed by atoms with van der Waals surface area (Å²) in [6.45, 7) is 1.86. The SMILES string of the molecule is CCC(CO)NC(=O)CCc1ccc(F)cc1. The van der Waals surface area contributed by atoms with E-state index in [1.807, 2.05) is 6.92 Å². The largest absolute Gasteiger partial charge is 0.394 e. The standard InChI is InChI=1S/C13H18FNO2/c1-2-12(9-16)15-13(17)8-5-10-3-6-11(14)7-4-10/h3-4,6-7,12,16H,2,5,8-9H2,1H3,(H,15,17). The second kappa shape index (κ2) is 7.01. The Labute approximate surface area is 101 Å². The molecule has 0 aliphatic heterocycles. The van der Waals surface area contributed by atoms with E-state index in [9.17, 15) is 9.18 Å². The predicted molar refractivity (Wildman–Crippen MR) is 64.0 cm³/mol. The van der Waals surface area contributed by atoms with Crippen LogP contribution in [0, 0.1) is 5.82 Å². The van der Waals surface area contributed by atoms with Gasteiger partial charge >= 0.3 is 0 Å². The number of carbonyl (C=O) groups excluding carboxylic acids is 1. The minimum absolute atomic E-state index is 0.0429. The van der Waals surface area contributed by atoms with Gasteiger partial charge in [-0.05, 0) is 30.5 Å². The third kappa shape index (κ3) is 4.95. The van der Waals surface area contributed by atoms with Crippen LogP contribution in [0.25, 0.3) is 0 Å². The molecule has 0 aromatic heterocycles. The lowest BCUT2D eigenvalue weighted by molar-refractivity contribution is -0.122. The van der Waals surface area contributed by atoms with Gasteiger partial charge in [-0.3, -0.25) is 4.79 Å². The van der Waals surface area contributed by atoms with Crippen LogP contribution in [0.3, 0.4) is 0 Å². The highest BCUT2D eigenvalue weighted by Crippen LogP contribution is 2.05. The highest BCUT2D eigenvalue weighted by atomic mass is 19.1. The van der Waals surface area contributed by atoms with Gasteiger partial charge in [-0.2, -0.15) is 0 Å². The topological polar surface area (TPSA) is 49.3 Å². The van der Waals surface area contributed by atoms with Crippen molar-refractivity contribution in [1.82, 2.24) is 5.32 Å². The third-order valence-corrected chi connectivity index (χ3v) is 2.63. The molecule has 94 valence electrons. The minimum atomic E-state index is -0.274. The monoisotopic (exact) mass is 239 g/mol. The Bertz CT molecular complexity index is 347. The van der Waals surface area contributed by atoms with Crippen molar-refractivity contribution in [2.24, 2.45) is 0 Å². The quantitative estimate of drug-likeness (QED) is 0.793. The van der Waals surface area contributed by atoms with Crippen molar-refractivity contribution in [3.05, 3.63) is 35.6 Å². The second-order valence-electron chi connectivity index (χ2n) is 3.98. The van der Waals surface area contributed by atoms with Crippen molar-refractivity contribution in [2.45, 2.75) is 32.2 Å². The van der Waals surface area contributed by atoms with Crippen molar-refractivity contribution < 1.29 is 14.3 Å². The molecular weight excluding hydrogens is 221 g/mol. The summed E-state index contributed by atoms with van der Waals surface area (Å²) in [5.41, 5.74) is 0.929. The van der Waals surface area contributed by atoms with E-state index >= 15 is 0 Å². The highest BCUT2D eigenvalue weighted by Gasteiger charge is 2.08. The van der Waals surface area contributed by atoms with Crippen LogP contribution in [-0.2, 0) is 11.2 Å². The number of hydrogen-bond acceptors (Lipinski definition) is 2. The van der Waals surface area contributed by atoms with Gasteiger partial charge in [-0.1, -0.05) is 19.1 Å². The fourth-order valence-corrected chi connectivity index (χ4v) is 1.49. The molecule has 1 amide bonds. The minimum Gasteiger partial charge on any atom is -0.394 e. The van der Waals surface area contributed by atoms with Crippen LogP contribution < -0.4 is 5.32 Å². The summed E-state index contributed by atoms with van der Waals surface area (Å²) in [5.74, 6) is -0.361. The average Bonchev–Trinajstić information content (AvgIpc) is 2.35. The molecule has 0 aliphatic rings. The molecule has 1 atom stereocenters. The first-order valence-electron chi connectivity index (χ1n) is 5.80. The van der Waals surface area contributed by atoms with Crippen molar-refractivity contribution in [2.75, 3.05) is 6.61 Å². The molecule has 0 spiro atoms. The van der Waals surface area contributed by atoms with Crippen molar-refractivity contribution in [3.8, 4) is 0 Å². The van der Waals surface area contributed by atoms with Gasteiger partial charge in [-0.15, -0.1) is 0 Å². The summed E-state index contributed by atoms with van der Waals surface area (Å²) in [6.07, 6.45) is 1.63. The molecule has 1 unspecified atom stereocenters. The lowest BCUT2D eigenvalue weighted by Gasteiger charge is -2.13. The number of hydrogen-bond donors (Lipinski definition) is 2. The smallest absolute Gasteiger partial charge is 0.220 e. The molecule has 0 aliphatic carbocycles. The summed E-state index contributed by atoms with van der Waals surface area (Å²) in [4.78, 5) is 11.5. The van der Waals surface area contributed by atoms with Crippen molar-refractivity contribution in [1.29, 1.82) is 0 Å². The first kappa shape index (κ1) is 13.6. The summed E-state index contributed by atoms with van der Waals surface area (Å²) in [5, 5.41) is 11.7. The number of aliphatic hydroxyl groups is 1. The Kier molecular flexibility index (Phi) is 5.63. The molecule has 3 nitrogen and oxygen atoms in total. The molecule has 1 aromatic carbocycles. The number of nitrogens with one attached hydrogen (secondary N) is 1. The zero-order chi connectivity index (χ0) is 12.7. The van der Waals surface area contributed by atoms with Gasteiger partial charge in [0.1, 0.15) is 5.82 Å². The van der Waals surface area contributed by atoms with Crippen LogP contribution in [0.1, 0.15) is 25.3 Å². The Morgan fingerprint density at radius 3 is 2.59 bits per heavy atom. The Morgan fingerprint density at radius 2 is 2.06 bits per heavy atom. The Hall–Kier alpha value is -1.42.